The van der Waals surface area contributed by atoms with Crippen molar-refractivity contribution in [2.24, 2.45) is 0 Å². The number of carbonyl (C=O) groups is 1. The molecule has 7 heteroatoms. The van der Waals surface area contributed by atoms with Crippen LogP contribution in [0.4, 0.5) is 0 Å². The zero-order valence-corrected chi connectivity index (χ0v) is 16.8. The van der Waals surface area contributed by atoms with E-state index in [4.69, 9.17) is 24.2 Å². The topological polar surface area (TPSA) is 89.8 Å². The summed E-state index contributed by atoms with van der Waals surface area (Å²) in [5, 5.41) is 12.0. The lowest BCUT2D eigenvalue weighted by Crippen LogP contribution is -2.41. The number of hydrogen-bond donors (Lipinski definition) is 1. The van der Waals surface area contributed by atoms with E-state index in [1.54, 1.807) is 18.2 Å². The van der Waals surface area contributed by atoms with Gasteiger partial charge in [-0.2, -0.15) is 5.26 Å². The van der Waals surface area contributed by atoms with Gasteiger partial charge in [-0.1, -0.05) is 6.07 Å². The average molecular weight is 396 g/mol. The van der Waals surface area contributed by atoms with Gasteiger partial charge >= 0.3 is 0 Å². The first-order chi connectivity index (χ1) is 13.9. The highest BCUT2D eigenvalue weighted by molar-refractivity contribution is 5.77. The lowest BCUT2D eigenvalue weighted by Gasteiger charge is -2.27. The van der Waals surface area contributed by atoms with E-state index in [2.05, 4.69) is 11.4 Å². The van der Waals surface area contributed by atoms with Crippen molar-refractivity contribution >= 4 is 5.91 Å². The standard InChI is InChI=1S/C22H24N2O5/c1-22(2,16-7-9-18-20(12-16)29-14-28-18)24-21(25)5-4-10-27-17-8-6-15(13-23)11-19(17)26-3/h6-9,11-12H,4-5,10,14H2,1-3H3,(H,24,25). The van der Waals surface area contributed by atoms with Crippen LogP contribution in [0.5, 0.6) is 23.0 Å². The van der Waals surface area contributed by atoms with Crippen molar-refractivity contribution in [2.75, 3.05) is 20.5 Å². The molecule has 0 atom stereocenters. The minimum absolute atomic E-state index is 0.0666. The first-order valence-corrected chi connectivity index (χ1v) is 9.35. The normalized spacial score (nSPS) is 12.2. The largest absolute Gasteiger partial charge is 0.493 e. The van der Waals surface area contributed by atoms with Gasteiger partial charge in [-0.05, 0) is 50.1 Å². The van der Waals surface area contributed by atoms with Gasteiger partial charge in [0, 0.05) is 12.5 Å². The number of nitrogens with zero attached hydrogens (tertiary/aromatic N) is 1. The molecule has 2 aromatic carbocycles. The Hall–Kier alpha value is -3.40. The minimum Gasteiger partial charge on any atom is -0.493 e. The lowest BCUT2D eigenvalue weighted by molar-refractivity contribution is -0.123. The molecule has 0 saturated carbocycles. The van der Waals surface area contributed by atoms with Crippen LogP contribution in [0.3, 0.4) is 0 Å². The summed E-state index contributed by atoms with van der Waals surface area (Å²) >= 11 is 0. The van der Waals surface area contributed by atoms with Crippen molar-refractivity contribution in [3.05, 3.63) is 47.5 Å². The summed E-state index contributed by atoms with van der Waals surface area (Å²) in [6, 6.07) is 12.7. The van der Waals surface area contributed by atoms with Gasteiger partial charge in [0.25, 0.3) is 0 Å². The van der Waals surface area contributed by atoms with Crippen molar-refractivity contribution < 1.29 is 23.7 Å². The molecule has 2 aromatic rings. The predicted molar refractivity (Wildman–Crippen MR) is 106 cm³/mol. The van der Waals surface area contributed by atoms with Crippen molar-refractivity contribution in [1.29, 1.82) is 5.26 Å². The third-order valence-corrected chi connectivity index (χ3v) is 4.64. The maximum atomic E-state index is 12.4. The zero-order chi connectivity index (χ0) is 20.9. The Morgan fingerprint density at radius 3 is 2.72 bits per heavy atom. The third kappa shape index (κ3) is 4.91. The predicted octanol–water partition coefficient (Wildman–Crippen LogP) is 3.51. The molecule has 1 aliphatic rings. The minimum atomic E-state index is -0.546. The van der Waals surface area contributed by atoms with Crippen molar-refractivity contribution in [1.82, 2.24) is 5.32 Å². The van der Waals surface area contributed by atoms with Gasteiger partial charge in [-0.3, -0.25) is 4.79 Å². The van der Waals surface area contributed by atoms with Crippen LogP contribution in [0, 0.1) is 11.3 Å². The Bertz CT molecular complexity index is 933. The SMILES string of the molecule is COc1cc(C#N)ccc1OCCCC(=O)NC(C)(C)c1ccc2c(c1)OCO2. The molecule has 0 unspecified atom stereocenters. The zero-order valence-electron chi connectivity index (χ0n) is 16.8. The Kier molecular flexibility index (Phi) is 6.13. The molecule has 1 heterocycles. The van der Waals surface area contributed by atoms with E-state index in [1.807, 2.05) is 32.0 Å². The van der Waals surface area contributed by atoms with Gasteiger partial charge in [-0.15, -0.1) is 0 Å². The molecule has 7 nitrogen and oxygen atoms in total. The average Bonchev–Trinajstić information content (AvgIpc) is 3.18. The van der Waals surface area contributed by atoms with E-state index in [0.717, 1.165) is 5.56 Å². The van der Waals surface area contributed by atoms with Crippen LogP contribution in [-0.2, 0) is 10.3 Å². The van der Waals surface area contributed by atoms with Gasteiger partial charge < -0.3 is 24.3 Å². The third-order valence-electron chi connectivity index (χ3n) is 4.64. The van der Waals surface area contributed by atoms with E-state index < -0.39 is 5.54 Å². The molecule has 0 fully saturated rings. The molecule has 152 valence electrons. The Morgan fingerprint density at radius 1 is 1.17 bits per heavy atom. The van der Waals surface area contributed by atoms with Crippen molar-refractivity contribution in [3.63, 3.8) is 0 Å². The number of ether oxygens (including phenoxy) is 4. The summed E-state index contributed by atoms with van der Waals surface area (Å²) in [6.07, 6.45) is 0.874. The molecular formula is C22H24N2O5. The van der Waals surface area contributed by atoms with Crippen LogP contribution in [0.25, 0.3) is 0 Å². The van der Waals surface area contributed by atoms with Gasteiger partial charge in [0.05, 0.1) is 30.9 Å². The van der Waals surface area contributed by atoms with Crippen LogP contribution in [-0.4, -0.2) is 26.4 Å². The van der Waals surface area contributed by atoms with Crippen LogP contribution in [0.2, 0.25) is 0 Å². The maximum absolute atomic E-state index is 12.4. The summed E-state index contributed by atoms with van der Waals surface area (Å²) in [5.74, 6) is 2.38. The van der Waals surface area contributed by atoms with Gasteiger partial charge in [-0.25, -0.2) is 0 Å². The smallest absolute Gasteiger partial charge is 0.231 e. The van der Waals surface area contributed by atoms with E-state index in [9.17, 15) is 4.79 Å². The number of carbonyl (C=O) groups excluding carboxylic acids is 1. The molecule has 1 N–H and O–H groups in total. The fourth-order valence-electron chi connectivity index (χ4n) is 3.04. The monoisotopic (exact) mass is 396 g/mol. The molecule has 3 rings (SSSR count). The molecule has 0 radical (unpaired) electrons. The Morgan fingerprint density at radius 2 is 1.97 bits per heavy atom. The molecule has 0 spiro atoms. The number of amides is 1. The molecule has 0 aliphatic carbocycles. The molecule has 29 heavy (non-hydrogen) atoms. The van der Waals surface area contributed by atoms with Crippen LogP contribution < -0.4 is 24.3 Å². The summed E-state index contributed by atoms with van der Waals surface area (Å²) < 4.78 is 21.7. The number of nitriles is 1. The summed E-state index contributed by atoms with van der Waals surface area (Å²) in [5.41, 5.74) is 0.892. The number of hydrogen-bond acceptors (Lipinski definition) is 6. The lowest BCUT2D eigenvalue weighted by atomic mass is 9.93. The van der Waals surface area contributed by atoms with Gasteiger partial charge in [0.1, 0.15) is 0 Å². The second kappa shape index (κ2) is 8.74. The highest BCUT2D eigenvalue weighted by atomic mass is 16.7. The summed E-state index contributed by atoms with van der Waals surface area (Å²) in [6.45, 7) is 4.47. The second-order valence-electron chi connectivity index (χ2n) is 7.17. The number of fused-ring (bicyclic) bond motifs is 1. The highest BCUT2D eigenvalue weighted by Crippen LogP contribution is 2.35. The number of methoxy groups -OCH3 is 1. The van der Waals surface area contributed by atoms with Crippen LogP contribution in [0.1, 0.15) is 37.8 Å². The number of nitrogens with one attached hydrogen (secondary N) is 1. The van der Waals surface area contributed by atoms with Gasteiger partial charge in [0.15, 0.2) is 23.0 Å². The van der Waals surface area contributed by atoms with E-state index >= 15 is 0 Å². The first-order valence-electron chi connectivity index (χ1n) is 9.35. The molecule has 0 saturated heterocycles. The fourth-order valence-corrected chi connectivity index (χ4v) is 3.04. The van der Waals surface area contributed by atoms with E-state index in [0.29, 0.717) is 48.0 Å². The first kappa shape index (κ1) is 20.3. The molecule has 0 aromatic heterocycles. The van der Waals surface area contributed by atoms with E-state index in [1.165, 1.54) is 7.11 Å². The number of benzene rings is 2. The second-order valence-corrected chi connectivity index (χ2v) is 7.17. The Labute approximate surface area is 170 Å². The summed E-state index contributed by atoms with van der Waals surface area (Å²) in [4.78, 5) is 12.4. The number of rotatable bonds is 8. The summed E-state index contributed by atoms with van der Waals surface area (Å²) in [7, 11) is 1.52. The quantitative estimate of drug-likeness (QED) is 0.687. The van der Waals surface area contributed by atoms with E-state index in [-0.39, 0.29) is 12.7 Å². The molecule has 1 aliphatic heterocycles. The molecule has 1 amide bonds. The Balaban J connectivity index is 1.49. The van der Waals surface area contributed by atoms with Crippen LogP contribution >= 0.6 is 0 Å². The van der Waals surface area contributed by atoms with Crippen LogP contribution in [0.15, 0.2) is 36.4 Å². The van der Waals surface area contributed by atoms with Gasteiger partial charge in [0.2, 0.25) is 12.7 Å². The van der Waals surface area contributed by atoms with Crippen molar-refractivity contribution in [3.8, 4) is 29.1 Å². The molecular weight excluding hydrogens is 372 g/mol. The maximum Gasteiger partial charge on any atom is 0.231 e. The van der Waals surface area contributed by atoms with Crippen molar-refractivity contribution in [2.45, 2.75) is 32.2 Å². The fraction of sp³-hybridized carbons (Fsp3) is 0.364. The highest BCUT2D eigenvalue weighted by Gasteiger charge is 2.25. The molecule has 0 bridgehead atoms.